The van der Waals surface area contributed by atoms with Crippen LogP contribution in [0.15, 0.2) is 53.0 Å². The van der Waals surface area contributed by atoms with Crippen molar-refractivity contribution in [1.29, 1.82) is 0 Å². The van der Waals surface area contributed by atoms with Crippen LogP contribution in [0.2, 0.25) is 0 Å². The standard InChI is InChI=1S/C15H11BrN2/c1-10-15(11-5-3-2-4-6-11)18-13-8-7-12(16)9-14(13)17-10/h2-9H,1H3. The highest BCUT2D eigenvalue weighted by Crippen LogP contribution is 2.24. The lowest BCUT2D eigenvalue weighted by Crippen LogP contribution is -1.94. The Morgan fingerprint density at radius 2 is 1.67 bits per heavy atom. The lowest BCUT2D eigenvalue weighted by Gasteiger charge is -2.06. The van der Waals surface area contributed by atoms with Crippen molar-refractivity contribution >= 4 is 27.0 Å². The van der Waals surface area contributed by atoms with E-state index in [1.165, 1.54) is 0 Å². The molecule has 0 amide bonds. The van der Waals surface area contributed by atoms with Crippen LogP contribution in [0.1, 0.15) is 5.69 Å². The molecule has 18 heavy (non-hydrogen) atoms. The van der Waals surface area contributed by atoms with Crippen LogP contribution in [0.4, 0.5) is 0 Å². The third kappa shape index (κ3) is 2.02. The highest BCUT2D eigenvalue weighted by molar-refractivity contribution is 9.10. The first kappa shape index (κ1) is 11.4. The third-order valence-electron chi connectivity index (χ3n) is 2.85. The summed E-state index contributed by atoms with van der Waals surface area (Å²) >= 11 is 3.45. The molecule has 0 aliphatic heterocycles. The summed E-state index contributed by atoms with van der Waals surface area (Å²) in [5.74, 6) is 0. The van der Waals surface area contributed by atoms with Crippen LogP contribution in [-0.4, -0.2) is 9.97 Å². The number of halogens is 1. The summed E-state index contributed by atoms with van der Waals surface area (Å²) in [6, 6.07) is 16.1. The van der Waals surface area contributed by atoms with Crippen LogP contribution in [0.5, 0.6) is 0 Å². The van der Waals surface area contributed by atoms with Crippen LogP contribution in [0.3, 0.4) is 0 Å². The molecule has 1 aromatic heterocycles. The number of aromatic nitrogens is 2. The second kappa shape index (κ2) is 4.50. The Labute approximate surface area is 114 Å². The van der Waals surface area contributed by atoms with Gasteiger partial charge in [-0.1, -0.05) is 46.3 Å². The average Bonchev–Trinajstić information content (AvgIpc) is 2.39. The number of hydrogen-bond acceptors (Lipinski definition) is 2. The number of hydrogen-bond donors (Lipinski definition) is 0. The molecule has 2 aromatic carbocycles. The first-order chi connectivity index (χ1) is 8.74. The Balaban J connectivity index is 2.25. The first-order valence-electron chi connectivity index (χ1n) is 5.73. The second-order valence-electron chi connectivity index (χ2n) is 4.16. The predicted molar refractivity (Wildman–Crippen MR) is 77.4 cm³/mol. The molecule has 2 nitrogen and oxygen atoms in total. The number of nitrogens with zero attached hydrogens (tertiary/aromatic N) is 2. The smallest absolute Gasteiger partial charge is 0.0922 e. The maximum Gasteiger partial charge on any atom is 0.0922 e. The summed E-state index contributed by atoms with van der Waals surface area (Å²) in [7, 11) is 0. The van der Waals surface area contributed by atoms with Crippen LogP contribution in [0, 0.1) is 6.92 Å². The van der Waals surface area contributed by atoms with E-state index in [0.29, 0.717) is 0 Å². The molecule has 0 radical (unpaired) electrons. The zero-order valence-corrected chi connectivity index (χ0v) is 11.5. The molecular weight excluding hydrogens is 288 g/mol. The maximum absolute atomic E-state index is 4.70. The van der Waals surface area contributed by atoms with E-state index in [9.17, 15) is 0 Å². The minimum Gasteiger partial charge on any atom is -0.249 e. The highest BCUT2D eigenvalue weighted by Gasteiger charge is 2.07. The van der Waals surface area contributed by atoms with Crippen molar-refractivity contribution < 1.29 is 0 Å². The number of aryl methyl sites for hydroxylation is 1. The van der Waals surface area contributed by atoms with Gasteiger partial charge in [-0.15, -0.1) is 0 Å². The van der Waals surface area contributed by atoms with Crippen molar-refractivity contribution in [2.45, 2.75) is 6.92 Å². The normalized spacial score (nSPS) is 10.8. The molecule has 3 aromatic rings. The number of rotatable bonds is 1. The van der Waals surface area contributed by atoms with Crippen LogP contribution < -0.4 is 0 Å². The Bertz CT molecular complexity index is 708. The van der Waals surface area contributed by atoms with Gasteiger partial charge in [0.15, 0.2) is 0 Å². The van der Waals surface area contributed by atoms with Crippen molar-refractivity contribution in [2.24, 2.45) is 0 Å². The topological polar surface area (TPSA) is 25.8 Å². The van der Waals surface area contributed by atoms with E-state index in [1.807, 2.05) is 43.3 Å². The molecule has 3 heteroatoms. The second-order valence-corrected chi connectivity index (χ2v) is 5.07. The van der Waals surface area contributed by atoms with Crippen LogP contribution >= 0.6 is 15.9 Å². The van der Waals surface area contributed by atoms with Gasteiger partial charge in [-0.3, -0.25) is 0 Å². The summed E-state index contributed by atoms with van der Waals surface area (Å²) in [6.07, 6.45) is 0. The Morgan fingerprint density at radius 1 is 0.889 bits per heavy atom. The van der Waals surface area contributed by atoms with Gasteiger partial charge in [0.1, 0.15) is 0 Å². The average molecular weight is 299 g/mol. The summed E-state index contributed by atoms with van der Waals surface area (Å²) in [6.45, 7) is 2.00. The largest absolute Gasteiger partial charge is 0.249 e. The SMILES string of the molecule is Cc1nc2cc(Br)ccc2nc1-c1ccccc1. The molecular formula is C15H11BrN2. The zero-order chi connectivity index (χ0) is 12.5. The molecule has 0 aliphatic carbocycles. The fourth-order valence-corrected chi connectivity index (χ4v) is 2.33. The molecule has 1 heterocycles. The van der Waals surface area contributed by atoms with Crippen molar-refractivity contribution in [3.63, 3.8) is 0 Å². The minimum absolute atomic E-state index is 0.918. The van der Waals surface area contributed by atoms with Gasteiger partial charge >= 0.3 is 0 Å². The summed E-state index contributed by atoms with van der Waals surface area (Å²) in [5, 5.41) is 0. The van der Waals surface area contributed by atoms with E-state index in [0.717, 1.165) is 32.5 Å². The van der Waals surface area contributed by atoms with Gasteiger partial charge < -0.3 is 0 Å². The predicted octanol–water partition coefficient (Wildman–Crippen LogP) is 4.37. The van der Waals surface area contributed by atoms with E-state index in [2.05, 4.69) is 33.0 Å². The van der Waals surface area contributed by atoms with Crippen molar-refractivity contribution in [3.05, 3.63) is 58.7 Å². The molecule has 0 N–H and O–H groups in total. The summed E-state index contributed by atoms with van der Waals surface area (Å²) in [4.78, 5) is 9.32. The molecule has 0 spiro atoms. The van der Waals surface area contributed by atoms with E-state index in [4.69, 9.17) is 4.98 Å². The fourth-order valence-electron chi connectivity index (χ4n) is 1.99. The van der Waals surface area contributed by atoms with Gasteiger partial charge in [0.2, 0.25) is 0 Å². The molecule has 88 valence electrons. The number of fused-ring (bicyclic) bond motifs is 1. The summed E-state index contributed by atoms with van der Waals surface area (Å²) in [5.41, 5.74) is 4.84. The first-order valence-corrected chi connectivity index (χ1v) is 6.53. The quantitative estimate of drug-likeness (QED) is 0.667. The Hall–Kier alpha value is -1.74. The fraction of sp³-hybridized carbons (Fsp3) is 0.0667. The van der Waals surface area contributed by atoms with E-state index < -0.39 is 0 Å². The molecule has 0 bridgehead atoms. The molecule has 3 rings (SSSR count). The van der Waals surface area contributed by atoms with Gasteiger partial charge in [0, 0.05) is 10.0 Å². The van der Waals surface area contributed by atoms with Gasteiger partial charge in [0.25, 0.3) is 0 Å². The van der Waals surface area contributed by atoms with Gasteiger partial charge in [-0.25, -0.2) is 9.97 Å². The third-order valence-corrected chi connectivity index (χ3v) is 3.34. The molecule has 0 saturated carbocycles. The van der Waals surface area contributed by atoms with Crippen molar-refractivity contribution in [3.8, 4) is 11.3 Å². The van der Waals surface area contributed by atoms with E-state index in [1.54, 1.807) is 0 Å². The Kier molecular flexibility index (Phi) is 2.84. The molecule has 0 unspecified atom stereocenters. The minimum atomic E-state index is 0.918. The lowest BCUT2D eigenvalue weighted by molar-refractivity contribution is 1.19. The Morgan fingerprint density at radius 3 is 2.44 bits per heavy atom. The lowest BCUT2D eigenvalue weighted by atomic mass is 10.1. The molecule has 0 aliphatic rings. The van der Waals surface area contributed by atoms with Gasteiger partial charge in [0.05, 0.1) is 22.4 Å². The molecule has 0 atom stereocenters. The van der Waals surface area contributed by atoms with Crippen molar-refractivity contribution in [1.82, 2.24) is 9.97 Å². The monoisotopic (exact) mass is 298 g/mol. The van der Waals surface area contributed by atoms with Crippen LogP contribution in [-0.2, 0) is 0 Å². The molecule has 0 saturated heterocycles. The molecule has 0 fully saturated rings. The van der Waals surface area contributed by atoms with E-state index >= 15 is 0 Å². The van der Waals surface area contributed by atoms with Crippen molar-refractivity contribution in [2.75, 3.05) is 0 Å². The number of benzene rings is 2. The van der Waals surface area contributed by atoms with E-state index in [-0.39, 0.29) is 0 Å². The van der Waals surface area contributed by atoms with Crippen LogP contribution in [0.25, 0.3) is 22.3 Å². The van der Waals surface area contributed by atoms with Gasteiger partial charge in [-0.2, -0.15) is 0 Å². The maximum atomic E-state index is 4.70. The van der Waals surface area contributed by atoms with Gasteiger partial charge in [-0.05, 0) is 25.1 Å². The zero-order valence-electron chi connectivity index (χ0n) is 9.89. The highest BCUT2D eigenvalue weighted by atomic mass is 79.9. The summed E-state index contributed by atoms with van der Waals surface area (Å²) < 4.78 is 1.02.